The monoisotopic (exact) mass is 396 g/mol. The fraction of sp³-hybridized carbons (Fsp3) is 0.440. The average molecular weight is 397 g/mol. The Morgan fingerprint density at radius 1 is 0.929 bits per heavy atom. The van der Waals surface area contributed by atoms with E-state index < -0.39 is 14.4 Å². The first-order chi connectivity index (χ1) is 13.1. The van der Waals surface area contributed by atoms with Gasteiger partial charge in [-0.3, -0.25) is 0 Å². The van der Waals surface area contributed by atoms with Gasteiger partial charge in [-0.2, -0.15) is 0 Å². The first kappa shape index (κ1) is 22.6. The summed E-state index contributed by atoms with van der Waals surface area (Å²) in [5, 5.41) is 13.1. The van der Waals surface area contributed by atoms with Crippen molar-refractivity contribution in [3.63, 3.8) is 0 Å². The fourth-order valence-corrected chi connectivity index (χ4v) is 8.38. The van der Waals surface area contributed by atoms with Crippen LogP contribution in [0.2, 0.25) is 5.04 Å². The molecule has 0 aliphatic rings. The minimum atomic E-state index is -2.48. The number of benzene rings is 2. The zero-order valence-corrected chi connectivity index (χ0v) is 19.1. The molecule has 0 amide bonds. The van der Waals surface area contributed by atoms with Crippen molar-refractivity contribution >= 4 is 18.7 Å². The van der Waals surface area contributed by atoms with Crippen LogP contribution in [0.3, 0.4) is 0 Å². The summed E-state index contributed by atoms with van der Waals surface area (Å²) in [6.45, 7) is 15.4. The summed E-state index contributed by atoms with van der Waals surface area (Å²) in [4.78, 5) is 0. The lowest BCUT2D eigenvalue weighted by Crippen LogP contribution is -2.66. The highest BCUT2D eigenvalue weighted by Crippen LogP contribution is 2.37. The molecule has 2 aromatic carbocycles. The van der Waals surface area contributed by atoms with E-state index in [1.807, 2.05) is 19.9 Å². The minimum absolute atomic E-state index is 0.0191. The molecule has 0 aromatic heterocycles. The third-order valence-electron chi connectivity index (χ3n) is 5.74. The van der Waals surface area contributed by atoms with Gasteiger partial charge in [0.2, 0.25) is 0 Å². The van der Waals surface area contributed by atoms with Gasteiger partial charge in [0.1, 0.15) is 0 Å². The molecule has 0 bridgehead atoms. The molecule has 28 heavy (non-hydrogen) atoms. The average Bonchev–Trinajstić information content (AvgIpc) is 2.68. The maximum Gasteiger partial charge on any atom is 0.261 e. The Bertz CT molecular complexity index is 693. The van der Waals surface area contributed by atoms with E-state index >= 15 is 0 Å². The lowest BCUT2D eigenvalue weighted by atomic mass is 9.84. The van der Waals surface area contributed by atoms with Gasteiger partial charge in [0.25, 0.3) is 8.32 Å². The van der Waals surface area contributed by atoms with E-state index in [1.165, 1.54) is 10.4 Å². The Hall–Kier alpha value is -1.68. The van der Waals surface area contributed by atoms with Crippen LogP contribution in [0.15, 0.2) is 73.3 Å². The lowest BCUT2D eigenvalue weighted by Gasteiger charge is -2.43. The Kier molecular flexibility index (Phi) is 7.44. The summed E-state index contributed by atoms with van der Waals surface area (Å²) < 4.78 is 6.86. The van der Waals surface area contributed by atoms with Crippen molar-refractivity contribution in [2.24, 2.45) is 5.41 Å². The highest BCUT2D eigenvalue weighted by Gasteiger charge is 2.49. The zero-order chi connectivity index (χ0) is 20.8. The second-order valence-electron chi connectivity index (χ2n) is 9.20. The predicted octanol–water partition coefficient (Wildman–Crippen LogP) is 4.92. The van der Waals surface area contributed by atoms with Crippen LogP contribution in [-0.2, 0) is 4.43 Å². The van der Waals surface area contributed by atoms with Gasteiger partial charge in [-0.25, -0.2) is 0 Å². The van der Waals surface area contributed by atoms with Crippen molar-refractivity contribution in [3.8, 4) is 0 Å². The van der Waals surface area contributed by atoms with E-state index in [0.29, 0.717) is 13.0 Å². The molecule has 0 aliphatic heterocycles. The van der Waals surface area contributed by atoms with Crippen molar-refractivity contribution in [1.82, 2.24) is 0 Å². The van der Waals surface area contributed by atoms with Gasteiger partial charge < -0.3 is 9.53 Å². The van der Waals surface area contributed by atoms with Crippen LogP contribution in [0, 0.1) is 5.41 Å². The van der Waals surface area contributed by atoms with Gasteiger partial charge in [-0.15, -0.1) is 6.58 Å². The first-order valence-electron chi connectivity index (χ1n) is 10.2. The molecule has 1 atom stereocenters. The van der Waals surface area contributed by atoms with Gasteiger partial charge in [0.05, 0.1) is 6.10 Å². The first-order valence-corrected chi connectivity index (χ1v) is 12.1. The molecule has 2 nitrogen and oxygen atoms in total. The summed E-state index contributed by atoms with van der Waals surface area (Å²) in [7, 11) is -2.48. The van der Waals surface area contributed by atoms with Crippen LogP contribution in [-0.4, -0.2) is 26.1 Å². The van der Waals surface area contributed by atoms with Crippen LogP contribution >= 0.6 is 0 Å². The molecule has 0 aliphatic carbocycles. The molecule has 1 N–H and O–H groups in total. The summed E-state index contributed by atoms with van der Waals surface area (Å²) in [6, 6.07) is 21.4. The van der Waals surface area contributed by atoms with E-state index in [0.717, 1.165) is 6.42 Å². The van der Waals surface area contributed by atoms with Crippen LogP contribution in [0.25, 0.3) is 0 Å². The summed E-state index contributed by atoms with van der Waals surface area (Å²) in [6.07, 6.45) is 2.95. The predicted molar refractivity (Wildman–Crippen MR) is 123 cm³/mol. The van der Waals surface area contributed by atoms with E-state index in [4.69, 9.17) is 4.43 Å². The van der Waals surface area contributed by atoms with E-state index in [9.17, 15) is 5.11 Å². The van der Waals surface area contributed by atoms with Gasteiger partial charge in [0.15, 0.2) is 0 Å². The largest absolute Gasteiger partial charge is 0.407 e. The minimum Gasteiger partial charge on any atom is -0.407 e. The zero-order valence-electron chi connectivity index (χ0n) is 18.1. The molecule has 2 aromatic rings. The van der Waals surface area contributed by atoms with Crippen LogP contribution in [0.5, 0.6) is 0 Å². The van der Waals surface area contributed by atoms with Crippen LogP contribution in [0.1, 0.15) is 47.5 Å². The van der Waals surface area contributed by atoms with Crippen molar-refractivity contribution < 1.29 is 9.53 Å². The second-order valence-corrected chi connectivity index (χ2v) is 13.5. The highest BCUT2D eigenvalue weighted by molar-refractivity contribution is 6.99. The lowest BCUT2D eigenvalue weighted by molar-refractivity contribution is 0.0677. The third-order valence-corrected chi connectivity index (χ3v) is 10.8. The Labute approximate surface area is 172 Å². The number of rotatable bonds is 9. The number of aliphatic hydroxyl groups excluding tert-OH is 1. The quantitative estimate of drug-likeness (QED) is 0.370. The maximum absolute atomic E-state index is 10.5. The molecule has 2 rings (SSSR count). The summed E-state index contributed by atoms with van der Waals surface area (Å²) in [5.41, 5.74) is -0.280. The Morgan fingerprint density at radius 3 is 1.79 bits per heavy atom. The van der Waals surface area contributed by atoms with E-state index in [1.54, 1.807) is 0 Å². The summed E-state index contributed by atoms with van der Waals surface area (Å²) >= 11 is 0. The van der Waals surface area contributed by atoms with Crippen molar-refractivity contribution in [2.75, 3.05) is 6.61 Å². The van der Waals surface area contributed by atoms with Crippen molar-refractivity contribution in [1.29, 1.82) is 0 Å². The smallest absolute Gasteiger partial charge is 0.261 e. The molecular weight excluding hydrogens is 360 g/mol. The Balaban J connectivity index is 2.31. The molecule has 0 unspecified atom stereocenters. The van der Waals surface area contributed by atoms with Crippen molar-refractivity contribution in [3.05, 3.63) is 73.3 Å². The molecular formula is C25H36O2Si. The molecule has 0 saturated carbocycles. The summed E-state index contributed by atoms with van der Waals surface area (Å²) in [5.74, 6) is 0. The highest BCUT2D eigenvalue weighted by atomic mass is 28.4. The molecule has 0 fully saturated rings. The second kappa shape index (κ2) is 9.21. The van der Waals surface area contributed by atoms with E-state index in [-0.39, 0.29) is 10.5 Å². The molecule has 3 heteroatoms. The number of aliphatic hydroxyl groups is 1. The fourth-order valence-electron chi connectivity index (χ4n) is 3.77. The number of hydrogen-bond acceptors (Lipinski definition) is 2. The van der Waals surface area contributed by atoms with Gasteiger partial charge >= 0.3 is 0 Å². The molecule has 0 radical (unpaired) electrons. The van der Waals surface area contributed by atoms with Gasteiger partial charge in [-0.05, 0) is 28.3 Å². The van der Waals surface area contributed by atoms with Crippen LogP contribution < -0.4 is 10.4 Å². The number of hydrogen-bond donors (Lipinski definition) is 1. The molecule has 0 heterocycles. The SMILES string of the molecule is C=CC(C)(C)[C@H](O)CCCO[Si](c1ccccc1)(c1ccccc1)C(C)(C)C. The Morgan fingerprint density at radius 2 is 1.39 bits per heavy atom. The van der Waals surface area contributed by atoms with Gasteiger partial charge in [-0.1, -0.05) is 101 Å². The molecule has 0 spiro atoms. The van der Waals surface area contributed by atoms with Crippen LogP contribution in [0.4, 0.5) is 0 Å². The standard InChI is InChI=1S/C25H36O2Si/c1-7-25(5,6)23(26)19-14-20-27-28(24(2,3)4,21-15-10-8-11-16-21)22-17-12-9-13-18-22/h7-13,15-18,23,26H,1,14,19-20H2,2-6H3/t23-/m1/s1. The normalized spacial score (nSPS) is 13.9. The van der Waals surface area contributed by atoms with Gasteiger partial charge in [0, 0.05) is 12.0 Å². The maximum atomic E-state index is 10.5. The third kappa shape index (κ3) is 4.83. The molecule has 152 valence electrons. The van der Waals surface area contributed by atoms with E-state index in [2.05, 4.69) is 88.0 Å². The van der Waals surface area contributed by atoms with Crippen molar-refractivity contribution in [2.45, 2.75) is 58.6 Å². The topological polar surface area (TPSA) is 29.5 Å². The molecule has 0 saturated heterocycles.